The monoisotopic (exact) mass is 460 g/mol. The lowest BCUT2D eigenvalue weighted by molar-refractivity contribution is 0.102. The third-order valence-electron chi connectivity index (χ3n) is 5.15. The second kappa shape index (κ2) is 8.43. The summed E-state index contributed by atoms with van der Waals surface area (Å²) in [5.41, 5.74) is 2.79. The first kappa shape index (κ1) is 21.5. The van der Waals surface area contributed by atoms with E-state index in [4.69, 9.17) is 0 Å². The van der Waals surface area contributed by atoms with Crippen LogP contribution in [0.2, 0.25) is 0 Å². The fraction of sp³-hybridized carbons (Fsp3) is 0.286. The highest BCUT2D eigenvalue weighted by molar-refractivity contribution is 7.99. The van der Waals surface area contributed by atoms with E-state index >= 15 is 0 Å². The smallest absolute Gasteiger partial charge is 0.232 e. The second-order valence-electron chi connectivity index (χ2n) is 7.37. The van der Waals surface area contributed by atoms with Gasteiger partial charge in [0.1, 0.15) is 5.82 Å². The number of rotatable bonds is 6. The molecule has 0 amide bonds. The molecule has 2 aromatic carbocycles. The Morgan fingerprint density at radius 3 is 2.61 bits per heavy atom. The highest BCUT2D eigenvalue weighted by atomic mass is 32.2. The van der Waals surface area contributed by atoms with Gasteiger partial charge < -0.3 is 4.57 Å². The summed E-state index contributed by atoms with van der Waals surface area (Å²) in [6.07, 6.45) is 2.65. The summed E-state index contributed by atoms with van der Waals surface area (Å²) in [6.45, 7) is 0.456. The number of hydrogen-bond donors (Lipinski definition) is 0. The van der Waals surface area contributed by atoms with Crippen LogP contribution in [0, 0.1) is 5.82 Å². The van der Waals surface area contributed by atoms with Crippen molar-refractivity contribution >= 4 is 33.3 Å². The maximum Gasteiger partial charge on any atom is 0.232 e. The van der Waals surface area contributed by atoms with Gasteiger partial charge >= 0.3 is 0 Å². The van der Waals surface area contributed by atoms with E-state index in [2.05, 4.69) is 10.2 Å². The summed E-state index contributed by atoms with van der Waals surface area (Å²) in [7, 11) is -1.55. The molecule has 4 rings (SSSR count). The number of thioether (sulfide) groups is 1. The summed E-state index contributed by atoms with van der Waals surface area (Å²) in [4.78, 5) is 12.8. The zero-order valence-electron chi connectivity index (χ0n) is 17.1. The molecule has 7 nitrogen and oxygen atoms in total. The molecular weight excluding hydrogens is 439 g/mol. The van der Waals surface area contributed by atoms with Gasteiger partial charge in [0.2, 0.25) is 10.0 Å². The standard InChI is InChI=1S/C21H21FN4O3S2/c1-25-20(14-5-8-17(22)9-6-14)23-24-21(25)30-13-19(27)16-7-10-18-15(12-16)4-3-11-26(18)31(2,28)29/h5-10,12H,3-4,11,13H2,1-2H3. The molecule has 0 atom stereocenters. The van der Waals surface area contributed by atoms with E-state index in [-0.39, 0.29) is 17.4 Å². The summed E-state index contributed by atoms with van der Waals surface area (Å²) in [5, 5.41) is 8.87. The van der Waals surface area contributed by atoms with Crippen LogP contribution in [-0.2, 0) is 23.5 Å². The summed E-state index contributed by atoms with van der Waals surface area (Å²) < 4.78 is 40.3. The molecule has 0 unspecified atom stereocenters. The molecule has 0 saturated carbocycles. The lowest BCUT2D eigenvalue weighted by Crippen LogP contribution is -2.34. The maximum absolute atomic E-state index is 13.1. The Hall–Kier alpha value is -2.72. The zero-order valence-corrected chi connectivity index (χ0v) is 18.7. The number of carbonyl (C=O) groups excluding carboxylic acids is 1. The van der Waals surface area contributed by atoms with Gasteiger partial charge in [-0.3, -0.25) is 9.10 Å². The van der Waals surface area contributed by atoms with Crippen LogP contribution in [0.3, 0.4) is 0 Å². The van der Waals surface area contributed by atoms with Crippen LogP contribution in [0.15, 0.2) is 47.6 Å². The second-order valence-corrected chi connectivity index (χ2v) is 10.2. The molecule has 10 heteroatoms. The normalized spacial score (nSPS) is 13.8. The average molecular weight is 461 g/mol. The maximum atomic E-state index is 13.1. The molecule has 1 aliphatic heterocycles. The number of Topliss-reactive ketones (excluding diaryl/α,β-unsaturated/α-hetero) is 1. The number of ketones is 1. The molecule has 0 N–H and O–H groups in total. The van der Waals surface area contributed by atoms with Crippen molar-refractivity contribution in [2.24, 2.45) is 7.05 Å². The number of hydrogen-bond acceptors (Lipinski definition) is 6. The first-order valence-electron chi connectivity index (χ1n) is 9.66. The van der Waals surface area contributed by atoms with E-state index < -0.39 is 10.0 Å². The largest absolute Gasteiger partial charge is 0.305 e. The van der Waals surface area contributed by atoms with Crippen molar-refractivity contribution in [3.05, 3.63) is 59.4 Å². The molecule has 0 fully saturated rings. The predicted molar refractivity (Wildman–Crippen MR) is 118 cm³/mol. The van der Waals surface area contributed by atoms with Gasteiger partial charge in [-0.15, -0.1) is 10.2 Å². The van der Waals surface area contributed by atoms with Crippen molar-refractivity contribution in [1.82, 2.24) is 14.8 Å². The van der Waals surface area contributed by atoms with Gasteiger partial charge in [-0.1, -0.05) is 11.8 Å². The number of carbonyl (C=O) groups is 1. The SMILES string of the molecule is Cn1c(SCC(=O)c2ccc3c(c2)CCCN3S(C)(=O)=O)nnc1-c1ccc(F)cc1. The first-order chi connectivity index (χ1) is 14.7. The molecule has 0 spiro atoms. The Morgan fingerprint density at radius 1 is 1.16 bits per heavy atom. The van der Waals surface area contributed by atoms with Crippen molar-refractivity contribution in [3.63, 3.8) is 0 Å². The van der Waals surface area contributed by atoms with Gasteiger partial charge in [0.25, 0.3) is 0 Å². The van der Waals surface area contributed by atoms with E-state index in [0.29, 0.717) is 28.8 Å². The molecule has 31 heavy (non-hydrogen) atoms. The van der Waals surface area contributed by atoms with Crippen molar-refractivity contribution in [2.75, 3.05) is 22.9 Å². The Balaban J connectivity index is 1.48. The first-order valence-corrected chi connectivity index (χ1v) is 12.5. The molecule has 3 aromatic rings. The van der Waals surface area contributed by atoms with Crippen LogP contribution in [-0.4, -0.2) is 47.5 Å². The number of nitrogens with zero attached hydrogens (tertiary/aromatic N) is 4. The van der Waals surface area contributed by atoms with E-state index in [1.54, 1.807) is 41.9 Å². The molecule has 0 bridgehead atoms. The molecule has 162 valence electrons. The molecule has 1 aromatic heterocycles. The highest BCUT2D eigenvalue weighted by Crippen LogP contribution is 2.30. The molecule has 0 saturated heterocycles. The number of halogens is 1. The van der Waals surface area contributed by atoms with E-state index in [1.165, 1.54) is 34.5 Å². The summed E-state index contributed by atoms with van der Waals surface area (Å²) in [6, 6.07) is 11.2. The van der Waals surface area contributed by atoms with E-state index in [0.717, 1.165) is 24.0 Å². The van der Waals surface area contributed by atoms with E-state index in [1.807, 2.05) is 0 Å². The summed E-state index contributed by atoms with van der Waals surface area (Å²) >= 11 is 1.27. The minimum atomic E-state index is -3.34. The predicted octanol–water partition coefficient (Wildman–Crippen LogP) is 3.31. The topological polar surface area (TPSA) is 85.2 Å². The van der Waals surface area contributed by atoms with Crippen molar-refractivity contribution in [3.8, 4) is 11.4 Å². The molecule has 0 aliphatic carbocycles. The Labute approximate surface area is 184 Å². The number of fused-ring (bicyclic) bond motifs is 1. The number of anilines is 1. The minimum absolute atomic E-state index is 0.0735. The van der Waals surface area contributed by atoms with Gasteiger partial charge in [-0.25, -0.2) is 12.8 Å². The number of aromatic nitrogens is 3. The van der Waals surface area contributed by atoms with Crippen LogP contribution in [0.25, 0.3) is 11.4 Å². The zero-order chi connectivity index (χ0) is 22.2. The van der Waals surface area contributed by atoms with Crippen LogP contribution in [0.4, 0.5) is 10.1 Å². The summed E-state index contributed by atoms with van der Waals surface area (Å²) in [5.74, 6) is 0.361. The van der Waals surface area contributed by atoms with Crippen LogP contribution in [0.1, 0.15) is 22.3 Å². The number of aryl methyl sites for hydroxylation is 1. The van der Waals surface area contributed by atoms with Gasteiger partial charge in [0.15, 0.2) is 16.8 Å². The fourth-order valence-electron chi connectivity index (χ4n) is 3.58. The Kier molecular flexibility index (Phi) is 5.85. The van der Waals surface area contributed by atoms with E-state index in [9.17, 15) is 17.6 Å². The van der Waals surface area contributed by atoms with Crippen LogP contribution in [0.5, 0.6) is 0 Å². The van der Waals surface area contributed by atoms with Crippen molar-refractivity contribution < 1.29 is 17.6 Å². The van der Waals surface area contributed by atoms with Crippen molar-refractivity contribution in [2.45, 2.75) is 18.0 Å². The van der Waals surface area contributed by atoms with Gasteiger partial charge in [0, 0.05) is 24.7 Å². The number of benzene rings is 2. The fourth-order valence-corrected chi connectivity index (χ4v) is 5.39. The molecule has 2 heterocycles. The van der Waals surface area contributed by atoms with Crippen LogP contribution >= 0.6 is 11.8 Å². The minimum Gasteiger partial charge on any atom is -0.305 e. The third-order valence-corrected chi connectivity index (χ3v) is 7.35. The lowest BCUT2D eigenvalue weighted by atomic mass is 9.99. The molecule has 1 aliphatic rings. The highest BCUT2D eigenvalue weighted by Gasteiger charge is 2.25. The number of sulfonamides is 1. The van der Waals surface area contributed by atoms with Gasteiger partial charge in [0.05, 0.1) is 17.7 Å². The average Bonchev–Trinajstić information content (AvgIpc) is 3.11. The third kappa shape index (κ3) is 4.49. The Bertz CT molecular complexity index is 1240. The lowest BCUT2D eigenvalue weighted by Gasteiger charge is -2.29. The van der Waals surface area contributed by atoms with Gasteiger partial charge in [-0.2, -0.15) is 0 Å². The quantitative estimate of drug-likeness (QED) is 0.415. The van der Waals surface area contributed by atoms with Crippen molar-refractivity contribution in [1.29, 1.82) is 0 Å². The Morgan fingerprint density at radius 2 is 1.90 bits per heavy atom. The van der Waals surface area contributed by atoms with Crippen LogP contribution < -0.4 is 4.31 Å². The van der Waals surface area contributed by atoms with Gasteiger partial charge in [-0.05, 0) is 60.9 Å². The molecule has 0 radical (unpaired) electrons. The molecular formula is C21H21FN4O3S2.